The van der Waals surface area contributed by atoms with Gasteiger partial charge in [-0.3, -0.25) is 0 Å². The molecule has 2 rings (SSSR count). The van der Waals surface area contributed by atoms with Gasteiger partial charge in [0.15, 0.2) is 6.61 Å². The van der Waals surface area contributed by atoms with Crippen molar-refractivity contribution in [1.82, 2.24) is 10.2 Å². The van der Waals surface area contributed by atoms with Crippen LogP contribution < -0.4 is 4.74 Å². The van der Waals surface area contributed by atoms with Crippen molar-refractivity contribution in [2.75, 3.05) is 0 Å². The zero-order chi connectivity index (χ0) is 13.0. The second kappa shape index (κ2) is 5.64. The molecule has 0 fully saturated rings. The number of ether oxygens (including phenoxy) is 1. The predicted molar refractivity (Wildman–Crippen MR) is 65.2 cm³/mol. The molecule has 1 unspecified atom stereocenters. The molecule has 5 nitrogen and oxygen atoms in total. The van der Waals surface area contributed by atoms with Gasteiger partial charge in [0, 0.05) is 6.92 Å². The van der Waals surface area contributed by atoms with E-state index in [1.165, 1.54) is 0 Å². The van der Waals surface area contributed by atoms with Gasteiger partial charge >= 0.3 is 0 Å². The van der Waals surface area contributed by atoms with Crippen LogP contribution in [0.4, 0.5) is 0 Å². The van der Waals surface area contributed by atoms with E-state index in [2.05, 4.69) is 10.2 Å². The lowest BCUT2D eigenvalue weighted by molar-refractivity contribution is 0.195. The summed E-state index contributed by atoms with van der Waals surface area (Å²) in [5.41, 5.74) is 1.07. The summed E-state index contributed by atoms with van der Waals surface area (Å²) in [5, 5.41) is 16.8. The smallest absolute Gasteiger partial charge is 0.253 e. The average Bonchev–Trinajstić information content (AvgIpc) is 2.74. The Hall–Kier alpha value is -1.88. The Bertz CT molecular complexity index is 491. The Morgan fingerprint density at radius 2 is 2.00 bits per heavy atom. The molecule has 0 aliphatic carbocycles. The molecule has 0 saturated heterocycles. The Labute approximate surface area is 105 Å². The number of aryl methyl sites for hydroxylation is 1. The minimum atomic E-state index is -0.335. The molecule has 0 radical (unpaired) electrons. The van der Waals surface area contributed by atoms with Gasteiger partial charge in [0.05, 0.1) is 6.10 Å². The van der Waals surface area contributed by atoms with Gasteiger partial charge in [-0.15, -0.1) is 10.2 Å². The SMILES string of the molecule is Cc1nnc(COc2ccc(CC(C)O)cc2)o1. The summed E-state index contributed by atoms with van der Waals surface area (Å²) in [4.78, 5) is 0. The Balaban J connectivity index is 1.90. The third kappa shape index (κ3) is 3.56. The molecule has 0 aliphatic rings. The van der Waals surface area contributed by atoms with Gasteiger partial charge in [0.1, 0.15) is 5.75 Å². The third-order valence-corrected chi connectivity index (χ3v) is 2.38. The van der Waals surface area contributed by atoms with Crippen LogP contribution >= 0.6 is 0 Å². The highest BCUT2D eigenvalue weighted by molar-refractivity contribution is 5.27. The van der Waals surface area contributed by atoms with Gasteiger partial charge in [-0.05, 0) is 31.0 Å². The highest BCUT2D eigenvalue weighted by Crippen LogP contribution is 2.15. The quantitative estimate of drug-likeness (QED) is 0.875. The largest absolute Gasteiger partial charge is 0.484 e. The van der Waals surface area contributed by atoms with Crippen molar-refractivity contribution in [1.29, 1.82) is 0 Å². The van der Waals surface area contributed by atoms with Crippen LogP contribution in [-0.4, -0.2) is 21.4 Å². The zero-order valence-corrected chi connectivity index (χ0v) is 10.5. The fourth-order valence-corrected chi connectivity index (χ4v) is 1.60. The minimum Gasteiger partial charge on any atom is -0.484 e. The van der Waals surface area contributed by atoms with E-state index in [9.17, 15) is 5.11 Å². The first-order valence-corrected chi connectivity index (χ1v) is 5.82. The molecule has 0 aliphatic heterocycles. The molecule has 96 valence electrons. The number of rotatable bonds is 5. The summed E-state index contributed by atoms with van der Waals surface area (Å²) < 4.78 is 10.7. The van der Waals surface area contributed by atoms with E-state index >= 15 is 0 Å². The first-order chi connectivity index (χ1) is 8.63. The second-order valence-corrected chi connectivity index (χ2v) is 4.20. The molecule has 1 aromatic carbocycles. The third-order valence-electron chi connectivity index (χ3n) is 2.38. The monoisotopic (exact) mass is 248 g/mol. The standard InChI is InChI=1S/C13H16N2O3/c1-9(16)7-11-3-5-12(6-4-11)17-8-13-15-14-10(2)18-13/h3-6,9,16H,7-8H2,1-2H3. The highest BCUT2D eigenvalue weighted by atomic mass is 16.5. The molecular formula is C13H16N2O3. The van der Waals surface area contributed by atoms with Crippen molar-refractivity contribution in [2.45, 2.75) is 33.0 Å². The first kappa shape index (κ1) is 12.6. The van der Waals surface area contributed by atoms with Gasteiger partial charge in [0.2, 0.25) is 5.89 Å². The molecule has 5 heteroatoms. The number of benzene rings is 1. The summed E-state index contributed by atoms with van der Waals surface area (Å²) in [6.45, 7) is 3.76. The Kier molecular flexibility index (Phi) is 3.94. The molecule has 0 spiro atoms. The molecule has 1 N–H and O–H groups in total. The van der Waals surface area contributed by atoms with Crippen LogP contribution in [0.25, 0.3) is 0 Å². The van der Waals surface area contributed by atoms with Crippen LogP contribution in [-0.2, 0) is 13.0 Å². The van der Waals surface area contributed by atoms with Crippen LogP contribution in [0.5, 0.6) is 5.75 Å². The summed E-state index contributed by atoms with van der Waals surface area (Å²) >= 11 is 0. The van der Waals surface area contributed by atoms with Crippen LogP contribution in [0.2, 0.25) is 0 Å². The molecule has 1 atom stereocenters. The maximum absolute atomic E-state index is 9.27. The van der Waals surface area contributed by atoms with Gasteiger partial charge in [-0.1, -0.05) is 12.1 Å². The first-order valence-electron chi connectivity index (χ1n) is 5.82. The van der Waals surface area contributed by atoms with Crippen molar-refractivity contribution >= 4 is 0 Å². The minimum absolute atomic E-state index is 0.261. The topological polar surface area (TPSA) is 68.4 Å². The molecule has 18 heavy (non-hydrogen) atoms. The summed E-state index contributed by atoms with van der Waals surface area (Å²) in [6.07, 6.45) is 0.307. The molecule has 2 aromatic rings. The Morgan fingerprint density at radius 1 is 1.28 bits per heavy atom. The zero-order valence-electron chi connectivity index (χ0n) is 10.5. The Morgan fingerprint density at radius 3 is 2.56 bits per heavy atom. The van der Waals surface area contributed by atoms with E-state index in [0.29, 0.717) is 18.2 Å². The van der Waals surface area contributed by atoms with Crippen LogP contribution in [0.1, 0.15) is 24.3 Å². The van der Waals surface area contributed by atoms with E-state index in [4.69, 9.17) is 9.15 Å². The average molecular weight is 248 g/mol. The predicted octanol–water partition coefficient (Wildman–Crippen LogP) is 1.88. The maximum atomic E-state index is 9.27. The van der Waals surface area contributed by atoms with Crippen molar-refractivity contribution in [3.05, 3.63) is 41.6 Å². The fraction of sp³-hybridized carbons (Fsp3) is 0.385. The number of hydrogen-bond donors (Lipinski definition) is 1. The molecule has 0 amide bonds. The lowest BCUT2D eigenvalue weighted by Crippen LogP contribution is -2.04. The lowest BCUT2D eigenvalue weighted by Gasteiger charge is -2.06. The summed E-state index contributed by atoms with van der Waals surface area (Å²) in [5.74, 6) is 1.72. The van der Waals surface area contributed by atoms with Crippen LogP contribution in [0.3, 0.4) is 0 Å². The van der Waals surface area contributed by atoms with Gasteiger partial charge in [0.25, 0.3) is 5.89 Å². The molecule has 1 aromatic heterocycles. The number of aliphatic hydroxyl groups excluding tert-OH is 1. The number of aliphatic hydroxyl groups is 1. The van der Waals surface area contributed by atoms with E-state index in [1.807, 2.05) is 24.3 Å². The summed E-state index contributed by atoms with van der Waals surface area (Å²) in [7, 11) is 0. The van der Waals surface area contributed by atoms with Gasteiger partial charge in [-0.25, -0.2) is 0 Å². The fourth-order valence-electron chi connectivity index (χ4n) is 1.60. The van der Waals surface area contributed by atoms with E-state index < -0.39 is 0 Å². The van der Waals surface area contributed by atoms with Crippen molar-refractivity contribution in [3.63, 3.8) is 0 Å². The van der Waals surface area contributed by atoms with Gasteiger partial charge in [-0.2, -0.15) is 0 Å². The van der Waals surface area contributed by atoms with E-state index in [0.717, 1.165) is 11.3 Å². The normalized spacial score (nSPS) is 12.4. The van der Waals surface area contributed by atoms with Crippen molar-refractivity contribution in [2.24, 2.45) is 0 Å². The lowest BCUT2D eigenvalue weighted by atomic mass is 10.1. The van der Waals surface area contributed by atoms with E-state index in [-0.39, 0.29) is 12.7 Å². The van der Waals surface area contributed by atoms with Crippen LogP contribution in [0.15, 0.2) is 28.7 Å². The molecular weight excluding hydrogens is 232 g/mol. The van der Waals surface area contributed by atoms with Crippen molar-refractivity contribution < 1.29 is 14.3 Å². The summed E-state index contributed by atoms with van der Waals surface area (Å²) in [6, 6.07) is 7.59. The van der Waals surface area contributed by atoms with Gasteiger partial charge < -0.3 is 14.3 Å². The van der Waals surface area contributed by atoms with E-state index in [1.54, 1.807) is 13.8 Å². The number of nitrogens with zero attached hydrogens (tertiary/aromatic N) is 2. The van der Waals surface area contributed by atoms with Crippen molar-refractivity contribution in [3.8, 4) is 5.75 Å². The maximum Gasteiger partial charge on any atom is 0.253 e. The molecule has 0 saturated carbocycles. The second-order valence-electron chi connectivity index (χ2n) is 4.20. The molecule has 0 bridgehead atoms. The molecule has 1 heterocycles. The van der Waals surface area contributed by atoms with Crippen LogP contribution in [0, 0.1) is 6.92 Å². The highest BCUT2D eigenvalue weighted by Gasteiger charge is 2.04. The number of aromatic nitrogens is 2. The number of hydrogen-bond acceptors (Lipinski definition) is 5.